The molecule has 1 amide bonds. The molecule has 1 aromatic heterocycles. The second-order valence-electron chi connectivity index (χ2n) is 6.37. The maximum Gasteiger partial charge on any atom is 0.254 e. The third-order valence-corrected chi connectivity index (χ3v) is 4.20. The van der Waals surface area contributed by atoms with Crippen LogP contribution in [0.25, 0.3) is 10.9 Å². The van der Waals surface area contributed by atoms with E-state index in [2.05, 4.69) is 9.88 Å². The van der Waals surface area contributed by atoms with E-state index < -0.39 is 0 Å². The van der Waals surface area contributed by atoms with Gasteiger partial charge in [-0.3, -0.25) is 9.78 Å². The third kappa shape index (κ3) is 3.51. The number of fused-ring (bicyclic) bond motifs is 1. The summed E-state index contributed by atoms with van der Waals surface area (Å²) in [5, 5.41) is 1.04. The van der Waals surface area contributed by atoms with Gasteiger partial charge in [-0.25, -0.2) is 0 Å². The molecule has 1 aliphatic heterocycles. The maximum absolute atomic E-state index is 12.8. The van der Waals surface area contributed by atoms with E-state index in [9.17, 15) is 4.79 Å². The highest BCUT2D eigenvalue weighted by atomic mass is 16.5. The Hall–Kier alpha value is -1.98. The van der Waals surface area contributed by atoms with Crippen molar-refractivity contribution in [3.63, 3.8) is 0 Å². The molecule has 2 aromatic rings. The number of pyridine rings is 1. The van der Waals surface area contributed by atoms with Crippen molar-refractivity contribution in [3.8, 4) is 0 Å². The van der Waals surface area contributed by atoms with Gasteiger partial charge in [0.1, 0.15) is 0 Å². The molecule has 0 bridgehead atoms. The van der Waals surface area contributed by atoms with Crippen LogP contribution in [0.15, 0.2) is 30.5 Å². The van der Waals surface area contributed by atoms with Crippen molar-refractivity contribution < 1.29 is 9.53 Å². The fraction of sp³-hybridized carbons (Fsp3) is 0.444. The van der Waals surface area contributed by atoms with Gasteiger partial charge in [-0.15, -0.1) is 0 Å². The number of rotatable bonds is 3. The molecule has 1 aliphatic rings. The summed E-state index contributed by atoms with van der Waals surface area (Å²) < 4.78 is 5.75. The molecule has 1 unspecified atom stereocenters. The van der Waals surface area contributed by atoms with Crippen molar-refractivity contribution in [1.29, 1.82) is 0 Å². The van der Waals surface area contributed by atoms with Crippen LogP contribution in [0.4, 0.5) is 0 Å². The second-order valence-corrected chi connectivity index (χ2v) is 6.37. The Balaban J connectivity index is 1.81. The Morgan fingerprint density at radius 3 is 3.00 bits per heavy atom. The Bertz CT molecular complexity index is 714. The molecule has 0 N–H and O–H groups in total. The van der Waals surface area contributed by atoms with Gasteiger partial charge in [-0.05, 0) is 50.8 Å². The highest BCUT2D eigenvalue weighted by Crippen LogP contribution is 2.19. The van der Waals surface area contributed by atoms with Crippen LogP contribution < -0.4 is 0 Å². The first-order valence-electron chi connectivity index (χ1n) is 7.95. The Morgan fingerprint density at radius 2 is 2.22 bits per heavy atom. The smallest absolute Gasteiger partial charge is 0.254 e. The number of hydrogen-bond donors (Lipinski definition) is 0. The van der Waals surface area contributed by atoms with Crippen molar-refractivity contribution in [2.24, 2.45) is 0 Å². The Kier molecular flexibility index (Phi) is 4.59. The largest absolute Gasteiger partial charge is 0.373 e. The molecule has 1 fully saturated rings. The number of amides is 1. The average Bonchev–Trinajstić information content (AvgIpc) is 2.54. The first kappa shape index (κ1) is 15.9. The number of morpholine rings is 1. The average molecular weight is 313 g/mol. The van der Waals surface area contributed by atoms with E-state index in [1.807, 2.05) is 50.2 Å². The lowest BCUT2D eigenvalue weighted by Gasteiger charge is -2.34. The number of hydrogen-bond acceptors (Lipinski definition) is 4. The molecular formula is C18H23N3O2. The zero-order chi connectivity index (χ0) is 16.4. The van der Waals surface area contributed by atoms with Gasteiger partial charge >= 0.3 is 0 Å². The lowest BCUT2D eigenvalue weighted by atomic mass is 10.1. The molecule has 5 heteroatoms. The fourth-order valence-electron chi connectivity index (χ4n) is 3.02. The predicted octanol–water partition coefficient (Wildman–Crippen LogP) is 1.95. The zero-order valence-corrected chi connectivity index (χ0v) is 14.0. The van der Waals surface area contributed by atoms with Crippen LogP contribution in [-0.2, 0) is 4.74 Å². The quantitative estimate of drug-likeness (QED) is 0.869. The van der Waals surface area contributed by atoms with Gasteiger partial charge in [0.2, 0.25) is 0 Å². The summed E-state index contributed by atoms with van der Waals surface area (Å²) in [6, 6.07) is 7.72. The molecular weight excluding hydrogens is 290 g/mol. The molecule has 5 nitrogen and oxygen atoms in total. The van der Waals surface area contributed by atoms with Crippen LogP contribution in [0.1, 0.15) is 15.9 Å². The van der Waals surface area contributed by atoms with E-state index in [0.29, 0.717) is 19.7 Å². The number of aryl methyl sites for hydroxylation is 1. The fourth-order valence-corrected chi connectivity index (χ4v) is 3.02. The van der Waals surface area contributed by atoms with E-state index in [-0.39, 0.29) is 12.0 Å². The first-order chi connectivity index (χ1) is 11.0. The molecule has 122 valence electrons. The molecule has 1 atom stereocenters. The van der Waals surface area contributed by atoms with Crippen molar-refractivity contribution in [3.05, 3.63) is 41.6 Å². The van der Waals surface area contributed by atoms with Gasteiger partial charge in [-0.1, -0.05) is 0 Å². The predicted molar refractivity (Wildman–Crippen MR) is 90.7 cm³/mol. The molecule has 0 aliphatic carbocycles. The molecule has 1 aromatic carbocycles. The van der Waals surface area contributed by atoms with Crippen LogP contribution >= 0.6 is 0 Å². The molecule has 3 rings (SSSR count). The molecule has 0 radical (unpaired) electrons. The number of benzene rings is 1. The van der Waals surface area contributed by atoms with E-state index >= 15 is 0 Å². The minimum atomic E-state index is 0.0715. The highest BCUT2D eigenvalue weighted by Gasteiger charge is 2.25. The summed E-state index contributed by atoms with van der Waals surface area (Å²) in [5.74, 6) is 0.0715. The summed E-state index contributed by atoms with van der Waals surface area (Å²) in [5.41, 5.74) is 2.78. The van der Waals surface area contributed by atoms with E-state index in [4.69, 9.17) is 4.74 Å². The summed E-state index contributed by atoms with van der Waals surface area (Å²) >= 11 is 0. The molecule has 2 heterocycles. The third-order valence-electron chi connectivity index (χ3n) is 4.20. The van der Waals surface area contributed by atoms with Crippen LogP contribution in [0.3, 0.4) is 0 Å². The van der Waals surface area contributed by atoms with Crippen molar-refractivity contribution >= 4 is 16.8 Å². The normalized spacial score (nSPS) is 18.6. The number of carbonyl (C=O) groups excluding carboxylic acids is 1. The summed E-state index contributed by atoms with van der Waals surface area (Å²) in [4.78, 5) is 21.2. The van der Waals surface area contributed by atoms with E-state index in [1.54, 1.807) is 6.20 Å². The van der Waals surface area contributed by atoms with Crippen LogP contribution in [0.2, 0.25) is 0 Å². The maximum atomic E-state index is 12.8. The monoisotopic (exact) mass is 313 g/mol. The number of carbonyl (C=O) groups is 1. The topological polar surface area (TPSA) is 45.7 Å². The van der Waals surface area contributed by atoms with Crippen LogP contribution in [-0.4, -0.2) is 67.1 Å². The van der Waals surface area contributed by atoms with Gasteiger partial charge < -0.3 is 14.5 Å². The van der Waals surface area contributed by atoms with Crippen LogP contribution in [0.5, 0.6) is 0 Å². The number of aromatic nitrogens is 1. The van der Waals surface area contributed by atoms with Crippen molar-refractivity contribution in [1.82, 2.24) is 14.8 Å². The summed E-state index contributed by atoms with van der Waals surface area (Å²) in [7, 11) is 4.03. The lowest BCUT2D eigenvalue weighted by molar-refractivity contribution is -0.0306. The standard InChI is InChI=1S/C18H23N3O2/c1-13-6-7-19-17-5-4-14(10-16(13)17)18(22)21-8-9-23-15(12-21)11-20(2)3/h4-7,10,15H,8-9,11-12H2,1-3H3. The van der Waals surface area contributed by atoms with Crippen molar-refractivity contribution in [2.75, 3.05) is 40.3 Å². The van der Waals surface area contributed by atoms with Gasteiger partial charge in [-0.2, -0.15) is 0 Å². The minimum absolute atomic E-state index is 0.0715. The number of ether oxygens (including phenoxy) is 1. The summed E-state index contributed by atoms with van der Waals surface area (Å²) in [6.45, 7) is 4.75. The van der Waals surface area contributed by atoms with Gasteiger partial charge in [0.05, 0.1) is 18.2 Å². The SMILES string of the molecule is Cc1ccnc2ccc(C(=O)N3CCOC(CN(C)C)C3)cc12. The van der Waals surface area contributed by atoms with Gasteiger partial charge in [0.25, 0.3) is 5.91 Å². The molecule has 0 saturated carbocycles. The second kappa shape index (κ2) is 6.64. The number of nitrogens with zero attached hydrogens (tertiary/aromatic N) is 3. The molecule has 0 spiro atoms. The van der Waals surface area contributed by atoms with Gasteiger partial charge in [0.15, 0.2) is 0 Å². The summed E-state index contributed by atoms with van der Waals surface area (Å²) in [6.07, 6.45) is 1.87. The van der Waals surface area contributed by atoms with E-state index in [0.717, 1.165) is 28.6 Å². The first-order valence-corrected chi connectivity index (χ1v) is 7.95. The Morgan fingerprint density at radius 1 is 1.39 bits per heavy atom. The molecule has 23 heavy (non-hydrogen) atoms. The minimum Gasteiger partial charge on any atom is -0.373 e. The van der Waals surface area contributed by atoms with Gasteiger partial charge in [0, 0.05) is 36.8 Å². The zero-order valence-electron chi connectivity index (χ0n) is 14.0. The van der Waals surface area contributed by atoms with Crippen molar-refractivity contribution in [2.45, 2.75) is 13.0 Å². The highest BCUT2D eigenvalue weighted by molar-refractivity contribution is 5.98. The lowest BCUT2D eigenvalue weighted by Crippen LogP contribution is -2.48. The van der Waals surface area contributed by atoms with Crippen LogP contribution in [0, 0.1) is 6.92 Å². The van der Waals surface area contributed by atoms with E-state index in [1.165, 1.54) is 0 Å². The molecule has 1 saturated heterocycles. The Labute approximate surface area is 136 Å². The number of likely N-dealkylation sites (N-methyl/N-ethyl adjacent to an activating group) is 1.